The van der Waals surface area contributed by atoms with Gasteiger partial charge in [0.15, 0.2) is 0 Å². The molecule has 1 nitrogen and oxygen atoms in total. The van der Waals surface area contributed by atoms with Gasteiger partial charge in [-0.2, -0.15) is 0 Å². The summed E-state index contributed by atoms with van der Waals surface area (Å²) in [5.41, 5.74) is 5.42. The van der Waals surface area contributed by atoms with Crippen LogP contribution < -0.4 is 0 Å². The van der Waals surface area contributed by atoms with Crippen molar-refractivity contribution in [2.24, 2.45) is 0 Å². The molecule has 1 aliphatic rings. The van der Waals surface area contributed by atoms with Crippen LogP contribution in [0.25, 0.3) is 22.7 Å². The number of para-hydroxylation sites is 1. The van der Waals surface area contributed by atoms with Crippen molar-refractivity contribution in [1.29, 1.82) is 0 Å². The maximum Gasteiger partial charge on any atom is 0.0525 e. The van der Waals surface area contributed by atoms with E-state index < -0.39 is 0 Å². The number of aromatic nitrogens is 1. The lowest BCUT2D eigenvalue weighted by molar-refractivity contribution is 1.10. The molecule has 0 aliphatic heterocycles. The molecule has 0 spiro atoms. The Morgan fingerprint density at radius 3 is 2.61 bits per heavy atom. The van der Waals surface area contributed by atoms with E-state index in [1.165, 1.54) is 27.7 Å². The zero-order valence-corrected chi connectivity index (χ0v) is 10.0. The predicted octanol–water partition coefficient (Wildman–Crippen LogP) is 4.20. The first-order chi connectivity index (χ1) is 8.92. The van der Waals surface area contributed by atoms with Gasteiger partial charge in [-0.1, -0.05) is 42.5 Å². The normalized spacial score (nSPS) is 13.7. The molecule has 3 aromatic rings. The van der Waals surface area contributed by atoms with Gasteiger partial charge >= 0.3 is 0 Å². The van der Waals surface area contributed by atoms with Crippen molar-refractivity contribution in [3.8, 4) is 0 Å². The van der Waals surface area contributed by atoms with Crippen LogP contribution in [0.1, 0.15) is 11.1 Å². The molecule has 86 valence electrons. The van der Waals surface area contributed by atoms with Crippen LogP contribution in [0.3, 0.4) is 0 Å². The van der Waals surface area contributed by atoms with Crippen LogP contribution in [-0.2, 0) is 6.42 Å². The van der Waals surface area contributed by atoms with E-state index in [9.17, 15) is 0 Å². The monoisotopic (exact) mass is 231 g/mol. The van der Waals surface area contributed by atoms with Gasteiger partial charge in [0.25, 0.3) is 0 Å². The summed E-state index contributed by atoms with van der Waals surface area (Å²) in [5, 5.41) is 1.30. The van der Waals surface area contributed by atoms with E-state index in [4.69, 9.17) is 0 Å². The molecule has 0 N–H and O–H groups in total. The summed E-state index contributed by atoms with van der Waals surface area (Å²) in [4.78, 5) is 0. The lowest BCUT2D eigenvalue weighted by atomic mass is 10.1. The summed E-state index contributed by atoms with van der Waals surface area (Å²) >= 11 is 0. The van der Waals surface area contributed by atoms with Crippen LogP contribution in [0, 0.1) is 0 Å². The summed E-state index contributed by atoms with van der Waals surface area (Å²) < 4.78 is 2.30. The summed E-state index contributed by atoms with van der Waals surface area (Å²) in [6.45, 7) is 0. The highest BCUT2D eigenvalue weighted by molar-refractivity contribution is 5.89. The van der Waals surface area contributed by atoms with E-state index in [-0.39, 0.29) is 0 Å². The second-order valence-corrected chi connectivity index (χ2v) is 4.76. The van der Waals surface area contributed by atoms with Crippen LogP contribution >= 0.6 is 0 Å². The minimum atomic E-state index is 1.02. The third kappa shape index (κ3) is 1.34. The molecule has 1 heterocycles. The van der Waals surface area contributed by atoms with E-state index in [0.717, 1.165) is 6.42 Å². The third-order valence-corrected chi connectivity index (χ3v) is 3.66. The van der Waals surface area contributed by atoms with E-state index >= 15 is 0 Å². The average Bonchev–Trinajstić information content (AvgIpc) is 3.02. The SMILES string of the molecule is C1=C(n2ccc3ccccc32)Cc2ccccc21. The summed E-state index contributed by atoms with van der Waals surface area (Å²) in [7, 11) is 0. The first-order valence-corrected chi connectivity index (χ1v) is 6.27. The molecular weight excluding hydrogens is 218 g/mol. The fourth-order valence-electron chi connectivity index (χ4n) is 2.75. The molecule has 0 saturated heterocycles. The van der Waals surface area contributed by atoms with Gasteiger partial charge in [0.05, 0.1) is 5.52 Å². The molecule has 0 unspecified atom stereocenters. The van der Waals surface area contributed by atoms with Crippen molar-refractivity contribution in [2.45, 2.75) is 6.42 Å². The molecule has 4 rings (SSSR count). The third-order valence-electron chi connectivity index (χ3n) is 3.66. The van der Waals surface area contributed by atoms with Crippen LogP contribution in [0.4, 0.5) is 0 Å². The number of benzene rings is 2. The Bertz CT molecular complexity index is 762. The van der Waals surface area contributed by atoms with Crippen LogP contribution in [-0.4, -0.2) is 4.57 Å². The standard InChI is InChI=1S/C17H13N/c1-2-7-15-12-16(11-14(15)6-1)18-10-9-13-5-3-4-8-17(13)18/h1-11H,12H2. The van der Waals surface area contributed by atoms with Gasteiger partial charge < -0.3 is 4.57 Å². The zero-order chi connectivity index (χ0) is 11.9. The molecule has 1 aliphatic carbocycles. The van der Waals surface area contributed by atoms with Gasteiger partial charge in [-0.25, -0.2) is 0 Å². The first kappa shape index (κ1) is 9.72. The summed E-state index contributed by atoms with van der Waals surface area (Å²) in [5.74, 6) is 0. The molecule has 0 amide bonds. The largest absolute Gasteiger partial charge is 0.320 e. The Morgan fingerprint density at radius 1 is 0.833 bits per heavy atom. The fraction of sp³-hybridized carbons (Fsp3) is 0.0588. The molecule has 0 radical (unpaired) electrons. The summed E-state index contributed by atoms with van der Waals surface area (Å²) in [6, 6.07) is 19.3. The second-order valence-electron chi connectivity index (χ2n) is 4.76. The Morgan fingerprint density at radius 2 is 1.67 bits per heavy atom. The van der Waals surface area contributed by atoms with Crippen LogP contribution in [0.2, 0.25) is 0 Å². The number of nitrogens with zero attached hydrogens (tertiary/aromatic N) is 1. The van der Waals surface area contributed by atoms with Gasteiger partial charge in [-0.3, -0.25) is 0 Å². The number of rotatable bonds is 1. The Hall–Kier alpha value is -2.28. The minimum absolute atomic E-state index is 1.02. The van der Waals surface area contributed by atoms with E-state index in [2.05, 4.69) is 71.4 Å². The first-order valence-electron chi connectivity index (χ1n) is 6.27. The van der Waals surface area contributed by atoms with Gasteiger partial charge in [-0.05, 0) is 34.7 Å². The maximum absolute atomic E-state index is 2.30. The summed E-state index contributed by atoms with van der Waals surface area (Å²) in [6.07, 6.45) is 5.49. The van der Waals surface area contributed by atoms with Gasteiger partial charge in [-0.15, -0.1) is 0 Å². The predicted molar refractivity (Wildman–Crippen MR) is 76.3 cm³/mol. The lowest BCUT2D eigenvalue weighted by Crippen LogP contribution is -1.94. The zero-order valence-electron chi connectivity index (χ0n) is 10.0. The molecule has 18 heavy (non-hydrogen) atoms. The van der Waals surface area contributed by atoms with E-state index in [1.807, 2.05) is 0 Å². The van der Waals surface area contributed by atoms with Crippen molar-refractivity contribution < 1.29 is 0 Å². The molecule has 0 bridgehead atoms. The van der Waals surface area contributed by atoms with Crippen molar-refractivity contribution in [1.82, 2.24) is 4.57 Å². The van der Waals surface area contributed by atoms with Gasteiger partial charge in [0.2, 0.25) is 0 Å². The highest BCUT2D eigenvalue weighted by atomic mass is 15.0. The highest BCUT2D eigenvalue weighted by Gasteiger charge is 2.14. The van der Waals surface area contributed by atoms with E-state index in [0.29, 0.717) is 0 Å². The average molecular weight is 231 g/mol. The number of hydrogen-bond donors (Lipinski definition) is 0. The van der Waals surface area contributed by atoms with Crippen molar-refractivity contribution in [3.63, 3.8) is 0 Å². The molecule has 2 aromatic carbocycles. The van der Waals surface area contributed by atoms with Gasteiger partial charge in [0, 0.05) is 18.3 Å². The fourth-order valence-corrected chi connectivity index (χ4v) is 2.75. The van der Waals surface area contributed by atoms with Crippen molar-refractivity contribution in [2.75, 3.05) is 0 Å². The number of hydrogen-bond acceptors (Lipinski definition) is 0. The second kappa shape index (κ2) is 3.61. The lowest BCUT2D eigenvalue weighted by Gasteiger charge is -2.05. The maximum atomic E-state index is 2.30. The number of allylic oxidation sites excluding steroid dienone is 1. The Labute approximate surface area is 106 Å². The topological polar surface area (TPSA) is 4.93 Å². The van der Waals surface area contributed by atoms with Crippen LogP contribution in [0.5, 0.6) is 0 Å². The Balaban J connectivity index is 1.87. The van der Waals surface area contributed by atoms with Crippen LogP contribution in [0.15, 0.2) is 60.8 Å². The molecule has 1 aromatic heterocycles. The molecule has 0 atom stereocenters. The van der Waals surface area contributed by atoms with Crippen molar-refractivity contribution >= 4 is 22.7 Å². The molecular formula is C17H13N. The quantitative estimate of drug-likeness (QED) is 0.591. The molecule has 1 heteroatoms. The molecule has 0 saturated carbocycles. The van der Waals surface area contributed by atoms with Gasteiger partial charge in [0.1, 0.15) is 0 Å². The van der Waals surface area contributed by atoms with E-state index in [1.54, 1.807) is 0 Å². The van der Waals surface area contributed by atoms with Crippen molar-refractivity contribution in [3.05, 3.63) is 71.9 Å². The number of fused-ring (bicyclic) bond motifs is 2. The molecule has 0 fully saturated rings. The minimum Gasteiger partial charge on any atom is -0.320 e. The Kier molecular flexibility index (Phi) is 1.95. The highest BCUT2D eigenvalue weighted by Crippen LogP contribution is 2.30. The smallest absolute Gasteiger partial charge is 0.0525 e.